The molecule has 1 atom stereocenters. The largest absolute Gasteiger partial charge is 0.481 e. The predicted octanol–water partition coefficient (Wildman–Crippen LogP) is 1.07. The van der Waals surface area contributed by atoms with Crippen molar-refractivity contribution in [2.75, 3.05) is 34.4 Å². The molecule has 0 amide bonds. The summed E-state index contributed by atoms with van der Waals surface area (Å²) in [7, 11) is 5.42. The number of nitrogens with zero attached hydrogens (tertiary/aromatic N) is 3. The van der Waals surface area contributed by atoms with Crippen molar-refractivity contribution in [2.24, 2.45) is 0 Å². The first-order valence-corrected chi connectivity index (χ1v) is 7.09. The second-order valence-corrected chi connectivity index (χ2v) is 5.13. The molecule has 1 aliphatic rings. The molecule has 1 aromatic heterocycles. The molecule has 1 saturated heterocycles. The van der Waals surface area contributed by atoms with Crippen LogP contribution in [0.4, 0.5) is 0 Å². The zero-order valence-electron chi connectivity index (χ0n) is 12.6. The number of likely N-dealkylation sites (N-methyl/N-ethyl adjacent to an activating group) is 1. The van der Waals surface area contributed by atoms with Gasteiger partial charge in [-0.05, 0) is 26.4 Å². The molecular weight excluding hydrogens is 256 g/mol. The van der Waals surface area contributed by atoms with Gasteiger partial charge in [0.1, 0.15) is 6.33 Å². The number of nitrogens with one attached hydrogen (secondary N) is 1. The lowest BCUT2D eigenvalue weighted by Gasteiger charge is -2.32. The van der Waals surface area contributed by atoms with Crippen LogP contribution in [-0.4, -0.2) is 55.3 Å². The van der Waals surface area contributed by atoms with Gasteiger partial charge < -0.3 is 19.7 Å². The van der Waals surface area contributed by atoms with Crippen molar-refractivity contribution in [3.63, 3.8) is 0 Å². The molecule has 20 heavy (non-hydrogen) atoms. The van der Waals surface area contributed by atoms with Crippen LogP contribution >= 0.6 is 0 Å². The normalized spacial score (nSPS) is 19.9. The van der Waals surface area contributed by atoms with E-state index in [9.17, 15) is 0 Å². The highest BCUT2D eigenvalue weighted by molar-refractivity contribution is 5.34. The molecule has 0 aliphatic carbocycles. The van der Waals surface area contributed by atoms with Crippen molar-refractivity contribution >= 4 is 0 Å². The lowest BCUT2D eigenvalue weighted by molar-refractivity contribution is 0.181. The minimum atomic E-state index is 0.571. The van der Waals surface area contributed by atoms with Crippen molar-refractivity contribution in [2.45, 2.75) is 31.8 Å². The Bertz CT molecular complexity index is 405. The monoisotopic (exact) mass is 280 g/mol. The summed E-state index contributed by atoms with van der Waals surface area (Å²) in [4.78, 5) is 10.7. The lowest BCUT2D eigenvalue weighted by Crippen LogP contribution is -2.42. The molecule has 6 nitrogen and oxygen atoms in total. The zero-order valence-corrected chi connectivity index (χ0v) is 12.6. The van der Waals surface area contributed by atoms with Crippen LogP contribution in [0.3, 0.4) is 0 Å². The molecule has 0 radical (unpaired) electrons. The van der Waals surface area contributed by atoms with E-state index in [1.54, 1.807) is 14.2 Å². The minimum absolute atomic E-state index is 0.571. The van der Waals surface area contributed by atoms with Gasteiger partial charge in [0.15, 0.2) is 0 Å². The average Bonchev–Trinajstić information content (AvgIpc) is 2.49. The Balaban J connectivity index is 1.93. The Kier molecular flexibility index (Phi) is 5.55. The fourth-order valence-corrected chi connectivity index (χ4v) is 2.65. The fourth-order valence-electron chi connectivity index (χ4n) is 2.65. The zero-order chi connectivity index (χ0) is 14.4. The van der Waals surface area contributed by atoms with Crippen LogP contribution in [-0.2, 0) is 6.54 Å². The number of aromatic nitrogens is 2. The molecule has 2 rings (SSSR count). The van der Waals surface area contributed by atoms with Crippen LogP contribution in [0.2, 0.25) is 0 Å². The number of piperidine rings is 1. The molecule has 1 aliphatic heterocycles. The second kappa shape index (κ2) is 7.40. The van der Waals surface area contributed by atoms with Crippen LogP contribution in [0.15, 0.2) is 6.33 Å². The first-order valence-electron chi connectivity index (χ1n) is 7.09. The molecule has 1 aromatic rings. The maximum atomic E-state index is 5.27. The quantitative estimate of drug-likeness (QED) is 0.841. The highest BCUT2D eigenvalue weighted by Gasteiger charge is 2.19. The van der Waals surface area contributed by atoms with Gasteiger partial charge in [-0.25, -0.2) is 9.97 Å². The van der Waals surface area contributed by atoms with Gasteiger partial charge in [-0.2, -0.15) is 0 Å². The van der Waals surface area contributed by atoms with E-state index in [1.165, 1.54) is 32.1 Å². The molecular formula is C14H24N4O2. The Morgan fingerprint density at radius 2 is 1.95 bits per heavy atom. The van der Waals surface area contributed by atoms with Gasteiger partial charge in [0.25, 0.3) is 0 Å². The summed E-state index contributed by atoms with van der Waals surface area (Å²) in [5.74, 6) is 1.14. The Labute approximate surface area is 120 Å². The number of ether oxygens (including phenoxy) is 2. The van der Waals surface area contributed by atoms with Crippen molar-refractivity contribution in [3.05, 3.63) is 11.9 Å². The first-order chi connectivity index (χ1) is 9.76. The Morgan fingerprint density at radius 3 is 2.55 bits per heavy atom. The highest BCUT2D eigenvalue weighted by atomic mass is 16.5. The standard InChI is InChI=1S/C14H24N4O2/c1-18-7-5-4-6-11(18)8-15-9-12-13(19-2)16-10-17-14(12)20-3/h10-11,15H,4-9H2,1-3H3. The number of hydrogen-bond donors (Lipinski definition) is 1. The topological polar surface area (TPSA) is 59.5 Å². The van der Waals surface area contributed by atoms with Crippen LogP contribution in [0.5, 0.6) is 11.8 Å². The summed E-state index contributed by atoms with van der Waals surface area (Å²) >= 11 is 0. The van der Waals surface area contributed by atoms with Crippen molar-refractivity contribution in [1.29, 1.82) is 0 Å². The van der Waals surface area contributed by atoms with E-state index in [-0.39, 0.29) is 0 Å². The van der Waals surface area contributed by atoms with Gasteiger partial charge in [-0.15, -0.1) is 0 Å². The molecule has 1 fully saturated rings. The first kappa shape index (κ1) is 15.0. The van der Waals surface area contributed by atoms with Crippen LogP contribution in [0.25, 0.3) is 0 Å². The Hall–Kier alpha value is -1.40. The van der Waals surface area contributed by atoms with Crippen LogP contribution in [0, 0.1) is 0 Å². The van der Waals surface area contributed by atoms with E-state index < -0.39 is 0 Å². The van der Waals surface area contributed by atoms with Gasteiger partial charge >= 0.3 is 0 Å². The van der Waals surface area contributed by atoms with E-state index in [0.717, 1.165) is 12.1 Å². The third kappa shape index (κ3) is 3.58. The van der Waals surface area contributed by atoms with E-state index in [1.807, 2.05) is 0 Å². The number of likely N-dealkylation sites (tertiary alicyclic amines) is 1. The average molecular weight is 280 g/mol. The molecule has 0 bridgehead atoms. The third-order valence-electron chi connectivity index (χ3n) is 3.86. The summed E-state index contributed by atoms with van der Waals surface area (Å²) < 4.78 is 10.5. The van der Waals surface area contributed by atoms with Crippen LogP contribution in [0.1, 0.15) is 24.8 Å². The third-order valence-corrected chi connectivity index (χ3v) is 3.86. The molecule has 0 spiro atoms. The van der Waals surface area contributed by atoms with Gasteiger partial charge in [0.05, 0.1) is 19.8 Å². The van der Waals surface area contributed by atoms with E-state index >= 15 is 0 Å². The molecule has 6 heteroatoms. The second-order valence-electron chi connectivity index (χ2n) is 5.13. The van der Waals surface area contributed by atoms with E-state index in [4.69, 9.17) is 9.47 Å². The smallest absolute Gasteiger partial charge is 0.224 e. The van der Waals surface area contributed by atoms with E-state index in [0.29, 0.717) is 24.3 Å². The van der Waals surface area contributed by atoms with Crippen molar-refractivity contribution in [3.8, 4) is 11.8 Å². The van der Waals surface area contributed by atoms with Gasteiger partial charge in [-0.1, -0.05) is 6.42 Å². The molecule has 0 aromatic carbocycles. The summed E-state index contributed by atoms with van der Waals surface area (Å²) in [5, 5.41) is 3.47. The van der Waals surface area contributed by atoms with Crippen molar-refractivity contribution < 1.29 is 9.47 Å². The molecule has 112 valence electrons. The molecule has 0 saturated carbocycles. The predicted molar refractivity (Wildman–Crippen MR) is 77.1 cm³/mol. The van der Waals surface area contributed by atoms with Gasteiger partial charge in [0, 0.05) is 19.1 Å². The molecule has 1 unspecified atom stereocenters. The van der Waals surface area contributed by atoms with Gasteiger partial charge in [-0.3, -0.25) is 0 Å². The molecule has 1 N–H and O–H groups in total. The summed E-state index contributed by atoms with van der Waals surface area (Å²) in [5.41, 5.74) is 0.871. The van der Waals surface area contributed by atoms with Crippen molar-refractivity contribution in [1.82, 2.24) is 20.2 Å². The number of hydrogen-bond acceptors (Lipinski definition) is 6. The summed E-state index contributed by atoms with van der Waals surface area (Å²) in [6.07, 6.45) is 5.33. The number of methoxy groups -OCH3 is 2. The molecule has 2 heterocycles. The summed E-state index contributed by atoms with van der Waals surface area (Å²) in [6, 6.07) is 0.602. The Morgan fingerprint density at radius 1 is 1.25 bits per heavy atom. The fraction of sp³-hybridized carbons (Fsp3) is 0.714. The summed E-state index contributed by atoms with van der Waals surface area (Å²) in [6.45, 7) is 2.79. The van der Waals surface area contributed by atoms with E-state index in [2.05, 4.69) is 27.2 Å². The lowest BCUT2D eigenvalue weighted by atomic mass is 10.0. The van der Waals surface area contributed by atoms with Gasteiger partial charge in [0.2, 0.25) is 11.8 Å². The highest BCUT2D eigenvalue weighted by Crippen LogP contribution is 2.23. The maximum Gasteiger partial charge on any atom is 0.224 e. The SMILES string of the molecule is COc1ncnc(OC)c1CNCC1CCCCN1C. The minimum Gasteiger partial charge on any atom is -0.481 e. The maximum absolute atomic E-state index is 5.27. The number of rotatable bonds is 6. The van der Waals surface area contributed by atoms with Crippen LogP contribution < -0.4 is 14.8 Å².